The second-order valence-corrected chi connectivity index (χ2v) is 6.18. The fraction of sp³-hybridized carbons (Fsp3) is 0.556. The van der Waals surface area contributed by atoms with Crippen LogP contribution in [0.4, 0.5) is 8.78 Å². The number of nitrogens with zero attached hydrogens (tertiary/aromatic N) is 2. The summed E-state index contributed by atoms with van der Waals surface area (Å²) < 4.78 is 26.3. The highest BCUT2D eigenvalue weighted by Crippen LogP contribution is 2.21. The number of hydrogen-bond acceptors (Lipinski definition) is 3. The zero-order valence-corrected chi connectivity index (χ0v) is 14.2. The Morgan fingerprint density at radius 1 is 1.29 bits per heavy atom. The molecule has 6 heteroatoms. The van der Waals surface area contributed by atoms with Gasteiger partial charge >= 0.3 is 0 Å². The number of amides is 1. The van der Waals surface area contributed by atoms with Crippen LogP contribution in [0.2, 0.25) is 0 Å². The minimum atomic E-state index is -0.915. The molecule has 0 spiro atoms. The molecule has 0 aliphatic carbocycles. The maximum Gasteiger partial charge on any atom is 0.226 e. The summed E-state index contributed by atoms with van der Waals surface area (Å²) in [6.07, 6.45) is 4.77. The average Bonchev–Trinajstić information content (AvgIpc) is 3.02. The van der Waals surface area contributed by atoms with Crippen LogP contribution in [0.15, 0.2) is 23.4 Å². The third kappa shape index (κ3) is 5.01. The molecular formula is C18H24F2N2O2. The van der Waals surface area contributed by atoms with Crippen LogP contribution in [0.5, 0.6) is 0 Å². The van der Waals surface area contributed by atoms with Gasteiger partial charge in [0, 0.05) is 25.6 Å². The summed E-state index contributed by atoms with van der Waals surface area (Å²) in [6.45, 7) is 2.89. The molecule has 4 nitrogen and oxygen atoms in total. The summed E-state index contributed by atoms with van der Waals surface area (Å²) in [7, 11) is 1.79. The van der Waals surface area contributed by atoms with Crippen molar-refractivity contribution in [2.45, 2.75) is 51.6 Å². The van der Waals surface area contributed by atoms with Crippen molar-refractivity contribution in [1.82, 2.24) is 4.90 Å². The van der Waals surface area contributed by atoms with Crippen molar-refractivity contribution in [3.63, 3.8) is 0 Å². The Bertz CT molecular complexity index is 605. The molecule has 0 radical (unpaired) electrons. The van der Waals surface area contributed by atoms with Crippen molar-refractivity contribution in [3.8, 4) is 0 Å². The van der Waals surface area contributed by atoms with E-state index in [-0.39, 0.29) is 18.4 Å². The van der Waals surface area contributed by atoms with Crippen molar-refractivity contribution in [2.24, 2.45) is 5.16 Å². The van der Waals surface area contributed by atoms with Crippen LogP contribution in [0.25, 0.3) is 0 Å². The zero-order chi connectivity index (χ0) is 17.5. The number of halogens is 2. The Kier molecular flexibility index (Phi) is 6.70. The molecule has 0 saturated carbocycles. The van der Waals surface area contributed by atoms with Gasteiger partial charge in [0.05, 0.1) is 12.1 Å². The number of carbonyl (C=O) groups is 1. The highest BCUT2D eigenvalue weighted by atomic mass is 19.2. The molecule has 1 aliphatic rings. The first-order valence-corrected chi connectivity index (χ1v) is 8.43. The van der Waals surface area contributed by atoms with Gasteiger partial charge in [-0.1, -0.05) is 31.3 Å². The molecule has 1 aromatic carbocycles. The zero-order valence-electron chi connectivity index (χ0n) is 14.2. The molecule has 132 valence electrons. The first-order valence-electron chi connectivity index (χ1n) is 8.43. The van der Waals surface area contributed by atoms with E-state index >= 15 is 0 Å². The lowest BCUT2D eigenvalue weighted by atomic mass is 10.0. The Morgan fingerprint density at radius 3 is 2.79 bits per heavy atom. The van der Waals surface area contributed by atoms with Gasteiger partial charge < -0.3 is 9.74 Å². The van der Waals surface area contributed by atoms with Crippen molar-refractivity contribution in [2.75, 3.05) is 13.6 Å². The Hall–Kier alpha value is -1.98. The Morgan fingerprint density at radius 2 is 2.08 bits per heavy atom. The van der Waals surface area contributed by atoms with Crippen molar-refractivity contribution < 1.29 is 18.4 Å². The lowest BCUT2D eigenvalue weighted by Crippen LogP contribution is -2.30. The van der Waals surface area contributed by atoms with Crippen molar-refractivity contribution in [1.29, 1.82) is 0 Å². The number of rotatable bonds is 8. The molecule has 1 aliphatic heterocycles. The molecule has 0 fully saturated rings. The second-order valence-electron chi connectivity index (χ2n) is 6.18. The Balaban J connectivity index is 1.79. The summed E-state index contributed by atoms with van der Waals surface area (Å²) in [4.78, 5) is 19.2. The van der Waals surface area contributed by atoms with E-state index < -0.39 is 11.6 Å². The monoisotopic (exact) mass is 338 g/mol. The average molecular weight is 338 g/mol. The molecule has 0 saturated heterocycles. The fourth-order valence-corrected chi connectivity index (χ4v) is 2.64. The van der Waals surface area contributed by atoms with Crippen LogP contribution in [-0.4, -0.2) is 36.2 Å². The van der Waals surface area contributed by atoms with Crippen molar-refractivity contribution >= 4 is 11.6 Å². The summed E-state index contributed by atoms with van der Waals surface area (Å²) in [5.41, 5.74) is 1.02. The maximum atomic E-state index is 13.3. The van der Waals surface area contributed by atoms with Crippen LogP contribution < -0.4 is 0 Å². The third-order valence-corrected chi connectivity index (χ3v) is 4.16. The summed E-state index contributed by atoms with van der Waals surface area (Å²) in [6, 6.07) is 3.63. The predicted molar refractivity (Wildman–Crippen MR) is 88.8 cm³/mol. The molecule has 2 rings (SSSR count). The largest absolute Gasteiger partial charge is 0.391 e. The molecule has 24 heavy (non-hydrogen) atoms. The van der Waals surface area contributed by atoms with Crippen molar-refractivity contribution in [3.05, 3.63) is 35.4 Å². The SMILES string of the molecule is CCCCCCN(C)C(=O)CC1CC(c2ccc(F)c(F)c2)=NO1. The molecule has 1 amide bonds. The molecular weight excluding hydrogens is 314 g/mol. The highest BCUT2D eigenvalue weighted by molar-refractivity contribution is 6.01. The maximum absolute atomic E-state index is 13.3. The van der Waals surface area contributed by atoms with E-state index in [0.29, 0.717) is 17.7 Å². The van der Waals surface area contributed by atoms with E-state index in [1.54, 1.807) is 11.9 Å². The number of benzene rings is 1. The van der Waals surface area contributed by atoms with Gasteiger partial charge in [-0.15, -0.1) is 0 Å². The standard InChI is InChI=1S/C18H24F2N2O2/c1-3-4-5-6-9-22(2)18(23)12-14-11-17(21-24-14)13-7-8-15(19)16(20)10-13/h7-8,10,14H,3-6,9,11-12H2,1-2H3. The normalized spacial score (nSPS) is 16.7. The minimum Gasteiger partial charge on any atom is -0.391 e. The van der Waals surface area contributed by atoms with E-state index in [9.17, 15) is 13.6 Å². The molecule has 1 heterocycles. The summed E-state index contributed by atoms with van der Waals surface area (Å²) >= 11 is 0. The third-order valence-electron chi connectivity index (χ3n) is 4.16. The lowest BCUT2D eigenvalue weighted by molar-refractivity contribution is -0.132. The molecule has 0 aromatic heterocycles. The van der Waals surface area contributed by atoms with Gasteiger partial charge in [0.1, 0.15) is 6.10 Å². The van der Waals surface area contributed by atoms with E-state index in [1.165, 1.54) is 12.5 Å². The first kappa shape index (κ1) is 18.4. The lowest BCUT2D eigenvalue weighted by Gasteiger charge is -2.18. The van der Waals surface area contributed by atoms with Gasteiger partial charge in [-0.3, -0.25) is 4.79 Å². The summed E-state index contributed by atoms with van der Waals surface area (Å²) in [5, 5.41) is 3.91. The Labute approximate surface area is 141 Å². The van der Waals surface area contributed by atoms with Gasteiger partial charge in [0.25, 0.3) is 0 Å². The van der Waals surface area contributed by atoms with Crippen LogP contribution in [0, 0.1) is 11.6 Å². The second kappa shape index (κ2) is 8.76. The van der Waals surface area contributed by atoms with Crippen LogP contribution in [0.1, 0.15) is 51.0 Å². The molecule has 1 aromatic rings. The smallest absolute Gasteiger partial charge is 0.226 e. The van der Waals surface area contributed by atoms with Crippen LogP contribution >= 0.6 is 0 Å². The van der Waals surface area contributed by atoms with Gasteiger partial charge in [0.15, 0.2) is 11.6 Å². The van der Waals surface area contributed by atoms with Gasteiger partial charge in [-0.25, -0.2) is 8.78 Å². The van der Waals surface area contributed by atoms with E-state index in [2.05, 4.69) is 12.1 Å². The quantitative estimate of drug-likeness (QED) is 0.675. The van der Waals surface area contributed by atoms with Gasteiger partial charge in [-0.05, 0) is 24.6 Å². The van der Waals surface area contributed by atoms with Crippen LogP contribution in [-0.2, 0) is 9.63 Å². The molecule has 0 bridgehead atoms. The van der Waals surface area contributed by atoms with E-state index in [1.807, 2.05) is 0 Å². The topological polar surface area (TPSA) is 41.9 Å². The number of carbonyl (C=O) groups excluding carboxylic acids is 1. The highest BCUT2D eigenvalue weighted by Gasteiger charge is 2.26. The first-order chi connectivity index (χ1) is 11.5. The van der Waals surface area contributed by atoms with Crippen LogP contribution in [0.3, 0.4) is 0 Å². The van der Waals surface area contributed by atoms with Gasteiger partial charge in [0.2, 0.25) is 5.91 Å². The predicted octanol–water partition coefficient (Wildman–Crippen LogP) is 3.89. The molecule has 1 atom stereocenters. The molecule has 1 unspecified atom stereocenters. The minimum absolute atomic E-state index is 0.0123. The summed E-state index contributed by atoms with van der Waals surface area (Å²) in [5.74, 6) is -1.80. The van der Waals surface area contributed by atoms with E-state index in [0.717, 1.165) is 37.9 Å². The number of hydrogen-bond donors (Lipinski definition) is 0. The van der Waals surface area contributed by atoms with E-state index in [4.69, 9.17) is 4.84 Å². The fourth-order valence-electron chi connectivity index (χ4n) is 2.64. The number of unbranched alkanes of at least 4 members (excludes halogenated alkanes) is 3. The molecule has 0 N–H and O–H groups in total. The number of oxime groups is 1. The van der Waals surface area contributed by atoms with Gasteiger partial charge in [-0.2, -0.15) is 0 Å².